The van der Waals surface area contributed by atoms with Crippen molar-refractivity contribution in [3.63, 3.8) is 0 Å². The van der Waals surface area contributed by atoms with Crippen LogP contribution in [-0.2, 0) is 4.79 Å². The van der Waals surface area contributed by atoms with Gasteiger partial charge in [0.15, 0.2) is 0 Å². The number of rotatable bonds is 9. The van der Waals surface area contributed by atoms with Crippen molar-refractivity contribution in [3.05, 3.63) is 63.5 Å². The number of nitrogens with one attached hydrogen (secondary N) is 2. The number of hydrogen-bond acceptors (Lipinski definition) is 4. The molecule has 2 aromatic carbocycles. The minimum absolute atomic E-state index is 0.127. The molecule has 164 valence electrons. The number of nitrogens with zero attached hydrogens (tertiary/aromatic N) is 1. The van der Waals surface area contributed by atoms with Gasteiger partial charge in [0.05, 0.1) is 10.6 Å². The van der Waals surface area contributed by atoms with Gasteiger partial charge in [-0.3, -0.25) is 9.59 Å². The largest absolute Gasteiger partial charge is 0.352 e. The molecular weight excluding hydrogens is 430 g/mol. The summed E-state index contributed by atoms with van der Waals surface area (Å²) in [5, 5.41) is 6.46. The smallest absolute Gasteiger partial charge is 0.262 e. The van der Waals surface area contributed by atoms with Crippen molar-refractivity contribution in [3.8, 4) is 0 Å². The highest BCUT2D eigenvalue weighted by molar-refractivity contribution is 8.04. The number of halogens is 1. The summed E-state index contributed by atoms with van der Waals surface area (Å²) in [7, 11) is 0. The maximum atomic E-state index is 12.6. The molecule has 0 saturated carbocycles. The van der Waals surface area contributed by atoms with Gasteiger partial charge in [-0.15, -0.1) is 0 Å². The van der Waals surface area contributed by atoms with Gasteiger partial charge in [0.25, 0.3) is 11.8 Å². The lowest BCUT2D eigenvalue weighted by Crippen LogP contribution is -2.30. The third kappa shape index (κ3) is 6.35. The molecule has 0 aromatic heterocycles. The molecule has 0 atom stereocenters. The topological polar surface area (TPSA) is 61.4 Å². The van der Waals surface area contributed by atoms with E-state index >= 15 is 0 Å². The van der Waals surface area contributed by atoms with E-state index in [9.17, 15) is 9.59 Å². The Bertz CT molecular complexity index is 977. The molecule has 0 saturated heterocycles. The molecule has 0 unspecified atom stereocenters. The summed E-state index contributed by atoms with van der Waals surface area (Å²) in [5.74, 6) is -0.330. The van der Waals surface area contributed by atoms with Crippen LogP contribution in [0.3, 0.4) is 0 Å². The second-order valence-electron chi connectivity index (χ2n) is 7.34. The zero-order valence-electron chi connectivity index (χ0n) is 17.9. The first-order valence-electron chi connectivity index (χ1n) is 10.6. The molecule has 0 spiro atoms. The minimum atomic E-state index is -0.203. The lowest BCUT2D eigenvalue weighted by atomic mass is 10.1. The van der Waals surface area contributed by atoms with Gasteiger partial charge in [0, 0.05) is 22.0 Å². The third-order valence-corrected chi connectivity index (χ3v) is 6.49. The second kappa shape index (κ2) is 11.4. The van der Waals surface area contributed by atoms with Gasteiger partial charge in [-0.05, 0) is 68.4 Å². The van der Waals surface area contributed by atoms with E-state index in [1.807, 2.05) is 24.3 Å². The molecule has 1 aliphatic heterocycles. The fraction of sp³-hybridized carbons (Fsp3) is 0.333. The third-order valence-electron chi connectivity index (χ3n) is 5.05. The van der Waals surface area contributed by atoms with Crippen molar-refractivity contribution in [2.24, 2.45) is 0 Å². The zero-order chi connectivity index (χ0) is 22.2. The maximum Gasteiger partial charge on any atom is 0.262 e. The maximum absolute atomic E-state index is 12.6. The van der Waals surface area contributed by atoms with Crippen molar-refractivity contribution in [2.45, 2.75) is 31.6 Å². The van der Waals surface area contributed by atoms with Crippen LogP contribution < -0.4 is 10.6 Å². The summed E-state index contributed by atoms with van der Waals surface area (Å²) in [6.45, 7) is 8.04. The lowest BCUT2D eigenvalue weighted by molar-refractivity contribution is -0.112. The molecule has 2 N–H and O–H groups in total. The Labute approximate surface area is 193 Å². The van der Waals surface area contributed by atoms with Gasteiger partial charge < -0.3 is 15.5 Å². The van der Waals surface area contributed by atoms with Gasteiger partial charge in [0.2, 0.25) is 0 Å². The molecule has 5 nitrogen and oxygen atoms in total. The van der Waals surface area contributed by atoms with Gasteiger partial charge in [-0.1, -0.05) is 55.4 Å². The lowest BCUT2D eigenvalue weighted by Gasteiger charge is -2.20. The van der Waals surface area contributed by atoms with Crippen LogP contribution in [0.1, 0.15) is 42.6 Å². The number of benzene rings is 2. The quantitative estimate of drug-likeness (QED) is 0.397. The Morgan fingerprint density at radius 2 is 2.00 bits per heavy atom. The zero-order valence-corrected chi connectivity index (χ0v) is 19.5. The van der Waals surface area contributed by atoms with Crippen molar-refractivity contribution < 1.29 is 9.59 Å². The van der Waals surface area contributed by atoms with Crippen LogP contribution in [-0.4, -0.2) is 42.9 Å². The van der Waals surface area contributed by atoms with Crippen LogP contribution in [0.5, 0.6) is 0 Å². The van der Waals surface area contributed by atoms with Gasteiger partial charge in [-0.25, -0.2) is 0 Å². The average molecular weight is 458 g/mol. The molecule has 0 aliphatic carbocycles. The summed E-state index contributed by atoms with van der Waals surface area (Å²) < 4.78 is 0. The predicted octanol–water partition coefficient (Wildman–Crippen LogP) is 5.28. The molecule has 0 radical (unpaired) electrons. The van der Waals surface area contributed by atoms with E-state index in [2.05, 4.69) is 29.4 Å². The fourth-order valence-corrected chi connectivity index (χ4v) is 4.50. The van der Waals surface area contributed by atoms with E-state index in [-0.39, 0.29) is 11.8 Å². The number of thioether (sulfide) groups is 1. The van der Waals surface area contributed by atoms with Crippen LogP contribution in [0.25, 0.3) is 6.08 Å². The van der Waals surface area contributed by atoms with E-state index < -0.39 is 0 Å². The molecule has 31 heavy (non-hydrogen) atoms. The van der Waals surface area contributed by atoms with E-state index in [1.54, 1.807) is 24.3 Å². The van der Waals surface area contributed by atoms with Crippen molar-refractivity contribution in [1.82, 2.24) is 10.2 Å². The van der Waals surface area contributed by atoms with Crippen molar-refractivity contribution in [1.29, 1.82) is 0 Å². The van der Waals surface area contributed by atoms with Crippen LogP contribution in [0.4, 0.5) is 5.69 Å². The molecule has 1 aliphatic rings. The number of carbonyl (C=O) groups is 2. The molecule has 0 bridgehead atoms. The van der Waals surface area contributed by atoms with Gasteiger partial charge in [0.1, 0.15) is 0 Å². The first-order valence-corrected chi connectivity index (χ1v) is 11.8. The van der Waals surface area contributed by atoms with E-state index in [0.717, 1.165) is 42.9 Å². The predicted molar refractivity (Wildman–Crippen MR) is 130 cm³/mol. The monoisotopic (exact) mass is 457 g/mol. The first-order chi connectivity index (χ1) is 15.0. The highest BCUT2D eigenvalue weighted by atomic mass is 35.5. The van der Waals surface area contributed by atoms with Crippen LogP contribution in [0.2, 0.25) is 5.02 Å². The summed E-state index contributed by atoms with van der Waals surface area (Å²) in [6.07, 6.45) is 3.83. The molecule has 2 aromatic rings. The molecule has 2 amide bonds. The van der Waals surface area contributed by atoms with Crippen LogP contribution >= 0.6 is 23.4 Å². The first kappa shape index (κ1) is 23.4. The molecule has 0 fully saturated rings. The fourth-order valence-electron chi connectivity index (χ4n) is 3.39. The normalized spacial score (nSPS) is 14.5. The summed E-state index contributed by atoms with van der Waals surface area (Å²) in [5.41, 5.74) is 1.99. The second-order valence-corrected chi connectivity index (χ2v) is 8.83. The number of hydrogen-bond donors (Lipinski definition) is 2. The Morgan fingerprint density at radius 1 is 1.19 bits per heavy atom. The van der Waals surface area contributed by atoms with Gasteiger partial charge >= 0.3 is 0 Å². The van der Waals surface area contributed by atoms with Crippen molar-refractivity contribution in [2.75, 3.05) is 31.5 Å². The Kier molecular flexibility index (Phi) is 8.58. The van der Waals surface area contributed by atoms with Crippen molar-refractivity contribution >= 4 is 46.9 Å². The van der Waals surface area contributed by atoms with E-state index in [4.69, 9.17) is 11.6 Å². The summed E-state index contributed by atoms with van der Waals surface area (Å²) >= 11 is 7.58. The molecule has 3 rings (SSSR count). The number of anilines is 1. The highest BCUT2D eigenvalue weighted by Crippen LogP contribution is 2.39. The Morgan fingerprint density at radius 3 is 2.74 bits per heavy atom. The number of fused-ring (bicyclic) bond motifs is 1. The summed E-state index contributed by atoms with van der Waals surface area (Å²) in [6, 6.07) is 12.8. The summed E-state index contributed by atoms with van der Waals surface area (Å²) in [4.78, 5) is 28.9. The highest BCUT2D eigenvalue weighted by Gasteiger charge is 2.22. The Balaban J connectivity index is 1.61. The molecule has 7 heteroatoms. The van der Waals surface area contributed by atoms with E-state index in [1.165, 1.54) is 11.8 Å². The standard InChI is InChI=1S/C24H28ClN3O2S/c1-3-13-28(4-2)14-7-12-26-23(29)18-10-11-21-20(15-18)27-24(30)22(31-21)16-17-8-5-6-9-19(17)25/h5-6,8-11,15-16H,3-4,7,12-14H2,1-2H3,(H,26,29)(H,27,30). The van der Waals surface area contributed by atoms with Crippen LogP contribution in [0, 0.1) is 0 Å². The number of amides is 2. The minimum Gasteiger partial charge on any atom is -0.352 e. The number of carbonyl (C=O) groups excluding carboxylic acids is 2. The van der Waals surface area contributed by atoms with E-state index in [0.29, 0.717) is 27.7 Å². The Hall–Kier alpha value is -2.28. The molecular formula is C24H28ClN3O2S. The van der Waals surface area contributed by atoms with Gasteiger partial charge in [-0.2, -0.15) is 0 Å². The average Bonchev–Trinajstić information content (AvgIpc) is 2.77. The SMILES string of the molecule is CCCN(CC)CCCNC(=O)c1ccc2c(c1)NC(=O)C(=Cc1ccccc1Cl)S2. The molecule has 1 heterocycles. The van der Waals surface area contributed by atoms with Crippen LogP contribution in [0.15, 0.2) is 52.3 Å².